The van der Waals surface area contributed by atoms with E-state index in [-0.39, 0.29) is 17.0 Å². The van der Waals surface area contributed by atoms with Crippen molar-refractivity contribution in [1.29, 1.82) is 0 Å². The number of aromatic nitrogens is 3. The molecule has 0 amide bonds. The van der Waals surface area contributed by atoms with Gasteiger partial charge in [-0.15, -0.1) is 0 Å². The van der Waals surface area contributed by atoms with Crippen LogP contribution in [0, 0.1) is 6.92 Å². The van der Waals surface area contributed by atoms with Gasteiger partial charge in [0.25, 0.3) is 5.56 Å². The zero-order chi connectivity index (χ0) is 13.6. The molecule has 0 radical (unpaired) electrons. The summed E-state index contributed by atoms with van der Waals surface area (Å²) in [6, 6.07) is 8.36. The molecule has 0 fully saturated rings. The van der Waals surface area contributed by atoms with Gasteiger partial charge in [0, 0.05) is 11.1 Å². The number of aromatic amines is 1. The number of rotatable bonds is 1. The van der Waals surface area contributed by atoms with Crippen molar-refractivity contribution in [2.24, 2.45) is 0 Å². The highest BCUT2D eigenvalue weighted by atomic mass is 35.5. The lowest BCUT2D eigenvalue weighted by molar-refractivity contribution is 0.436. The average molecular weight is 276 g/mol. The van der Waals surface area contributed by atoms with Crippen LogP contribution in [-0.4, -0.2) is 19.7 Å². The molecule has 0 saturated carbocycles. The number of fused-ring (bicyclic) bond motifs is 1. The number of H-pyrrole nitrogens is 1. The Balaban J connectivity index is 2.34. The lowest BCUT2D eigenvalue weighted by atomic mass is 10.1. The van der Waals surface area contributed by atoms with Crippen LogP contribution in [0.25, 0.3) is 16.8 Å². The molecule has 96 valence electrons. The minimum atomic E-state index is -0.368. The minimum Gasteiger partial charge on any atom is -0.493 e. The van der Waals surface area contributed by atoms with E-state index >= 15 is 0 Å². The third kappa shape index (κ3) is 1.88. The summed E-state index contributed by atoms with van der Waals surface area (Å²) in [4.78, 5) is 14.7. The fraction of sp³-hybridized carbons (Fsp3) is 0.0769. The number of benzene rings is 1. The van der Waals surface area contributed by atoms with Crippen LogP contribution < -0.4 is 5.56 Å². The number of halogens is 1. The molecule has 0 aliphatic carbocycles. The first-order valence-corrected chi connectivity index (χ1v) is 6.01. The van der Waals surface area contributed by atoms with Crippen molar-refractivity contribution in [3.05, 3.63) is 51.4 Å². The average Bonchev–Trinajstić information content (AvgIpc) is 2.72. The van der Waals surface area contributed by atoms with E-state index in [0.29, 0.717) is 21.9 Å². The summed E-state index contributed by atoms with van der Waals surface area (Å²) in [5.74, 6) is -0.186. The lowest BCUT2D eigenvalue weighted by Crippen LogP contribution is -2.12. The van der Waals surface area contributed by atoms with Crippen LogP contribution in [0.2, 0.25) is 5.02 Å². The second-order valence-electron chi connectivity index (χ2n) is 4.24. The van der Waals surface area contributed by atoms with E-state index < -0.39 is 0 Å². The maximum atomic E-state index is 12.1. The second kappa shape index (κ2) is 4.13. The van der Waals surface area contributed by atoms with Crippen LogP contribution in [-0.2, 0) is 0 Å². The summed E-state index contributed by atoms with van der Waals surface area (Å²) in [5.41, 5.74) is 1.55. The predicted molar refractivity (Wildman–Crippen MR) is 72.7 cm³/mol. The Hall–Kier alpha value is -2.27. The van der Waals surface area contributed by atoms with E-state index in [0.717, 1.165) is 0 Å². The SMILES string of the molecule is Cc1cc2[nH]c(=O)c(-c3ccc(Cl)cc3)c(O)n2n1. The minimum absolute atomic E-state index is 0.173. The number of aromatic hydroxyl groups is 1. The molecule has 0 atom stereocenters. The van der Waals surface area contributed by atoms with Gasteiger partial charge in [-0.05, 0) is 24.6 Å². The number of aryl methyl sites for hydroxylation is 1. The lowest BCUT2D eigenvalue weighted by Gasteiger charge is -2.05. The summed E-state index contributed by atoms with van der Waals surface area (Å²) in [7, 11) is 0. The van der Waals surface area contributed by atoms with Crippen LogP contribution in [0.1, 0.15) is 5.69 Å². The van der Waals surface area contributed by atoms with Crippen molar-refractivity contribution in [1.82, 2.24) is 14.6 Å². The molecule has 0 saturated heterocycles. The Labute approximate surface area is 113 Å². The smallest absolute Gasteiger partial charge is 0.262 e. The molecule has 2 aromatic heterocycles. The Morgan fingerprint density at radius 2 is 2.00 bits per heavy atom. The molecule has 19 heavy (non-hydrogen) atoms. The maximum Gasteiger partial charge on any atom is 0.262 e. The van der Waals surface area contributed by atoms with Gasteiger partial charge in [0.15, 0.2) is 0 Å². The fourth-order valence-corrected chi connectivity index (χ4v) is 2.14. The van der Waals surface area contributed by atoms with Crippen molar-refractivity contribution in [2.75, 3.05) is 0 Å². The Bertz CT molecular complexity index is 818. The quantitative estimate of drug-likeness (QED) is 0.716. The summed E-state index contributed by atoms with van der Waals surface area (Å²) in [6.45, 7) is 1.78. The van der Waals surface area contributed by atoms with Crippen LogP contribution in [0.15, 0.2) is 35.1 Å². The summed E-state index contributed by atoms with van der Waals surface area (Å²) < 4.78 is 1.31. The molecule has 0 spiro atoms. The van der Waals surface area contributed by atoms with Crippen molar-refractivity contribution in [3.63, 3.8) is 0 Å². The van der Waals surface area contributed by atoms with E-state index in [4.69, 9.17) is 11.6 Å². The van der Waals surface area contributed by atoms with Gasteiger partial charge in [0.1, 0.15) is 11.2 Å². The molecule has 0 aliphatic rings. The largest absolute Gasteiger partial charge is 0.493 e. The van der Waals surface area contributed by atoms with E-state index in [1.54, 1.807) is 37.3 Å². The molecule has 3 rings (SSSR count). The van der Waals surface area contributed by atoms with Crippen molar-refractivity contribution < 1.29 is 5.11 Å². The third-order valence-corrected chi connectivity index (χ3v) is 3.11. The monoisotopic (exact) mass is 275 g/mol. The van der Waals surface area contributed by atoms with Crippen molar-refractivity contribution >= 4 is 17.2 Å². The molecule has 0 aliphatic heterocycles. The molecule has 0 bridgehead atoms. The summed E-state index contributed by atoms with van der Waals surface area (Å²) in [6.07, 6.45) is 0. The number of nitrogens with one attached hydrogen (secondary N) is 1. The van der Waals surface area contributed by atoms with Gasteiger partial charge >= 0.3 is 0 Å². The normalized spacial score (nSPS) is 11.1. The van der Waals surface area contributed by atoms with E-state index in [1.165, 1.54) is 4.52 Å². The highest BCUT2D eigenvalue weighted by molar-refractivity contribution is 6.30. The van der Waals surface area contributed by atoms with E-state index in [1.807, 2.05) is 0 Å². The Morgan fingerprint density at radius 1 is 1.32 bits per heavy atom. The van der Waals surface area contributed by atoms with Gasteiger partial charge in [-0.3, -0.25) is 4.79 Å². The Morgan fingerprint density at radius 3 is 2.68 bits per heavy atom. The van der Waals surface area contributed by atoms with Crippen LogP contribution in [0.5, 0.6) is 5.88 Å². The predicted octanol–water partition coefficient (Wildman–Crippen LogP) is 2.36. The van der Waals surface area contributed by atoms with Gasteiger partial charge in [-0.25, -0.2) is 0 Å². The topological polar surface area (TPSA) is 70.4 Å². The molecular weight excluding hydrogens is 266 g/mol. The standard InChI is InChI=1S/C13H10ClN3O2/c1-7-6-10-15-12(18)11(13(19)17(10)16-7)8-2-4-9(14)5-3-8/h2-6,19H,1H3,(H,15,18). The molecule has 2 heterocycles. The van der Waals surface area contributed by atoms with Gasteiger partial charge < -0.3 is 10.1 Å². The van der Waals surface area contributed by atoms with E-state index in [2.05, 4.69) is 10.1 Å². The van der Waals surface area contributed by atoms with Crippen LogP contribution in [0.4, 0.5) is 0 Å². The van der Waals surface area contributed by atoms with Crippen LogP contribution >= 0.6 is 11.6 Å². The second-order valence-corrected chi connectivity index (χ2v) is 4.68. The molecular formula is C13H10ClN3O2. The van der Waals surface area contributed by atoms with Gasteiger partial charge in [-0.1, -0.05) is 23.7 Å². The highest BCUT2D eigenvalue weighted by Gasteiger charge is 2.15. The van der Waals surface area contributed by atoms with E-state index in [9.17, 15) is 9.90 Å². The Kier molecular flexibility index (Phi) is 2.57. The molecule has 0 unspecified atom stereocenters. The van der Waals surface area contributed by atoms with Gasteiger partial charge in [0.2, 0.25) is 5.88 Å². The number of hydrogen-bond donors (Lipinski definition) is 2. The summed E-state index contributed by atoms with van der Waals surface area (Å²) in [5, 5.41) is 14.9. The maximum absolute atomic E-state index is 12.1. The fourth-order valence-electron chi connectivity index (χ4n) is 2.01. The van der Waals surface area contributed by atoms with Gasteiger partial charge in [0.05, 0.1) is 5.69 Å². The zero-order valence-corrected chi connectivity index (χ0v) is 10.8. The molecule has 5 nitrogen and oxygen atoms in total. The molecule has 3 aromatic rings. The van der Waals surface area contributed by atoms with Crippen molar-refractivity contribution in [2.45, 2.75) is 6.92 Å². The number of hydrogen-bond acceptors (Lipinski definition) is 3. The first kappa shape index (κ1) is 11.8. The van der Waals surface area contributed by atoms with Crippen molar-refractivity contribution in [3.8, 4) is 17.0 Å². The molecule has 1 aromatic carbocycles. The molecule has 6 heteroatoms. The highest BCUT2D eigenvalue weighted by Crippen LogP contribution is 2.26. The first-order chi connectivity index (χ1) is 9.06. The molecule has 2 N–H and O–H groups in total. The van der Waals surface area contributed by atoms with Crippen LogP contribution in [0.3, 0.4) is 0 Å². The third-order valence-electron chi connectivity index (χ3n) is 2.86. The number of nitrogens with zero attached hydrogens (tertiary/aromatic N) is 2. The summed E-state index contributed by atoms with van der Waals surface area (Å²) >= 11 is 5.81. The first-order valence-electron chi connectivity index (χ1n) is 5.64. The zero-order valence-electron chi connectivity index (χ0n) is 10.0. The van der Waals surface area contributed by atoms with Gasteiger partial charge in [-0.2, -0.15) is 9.61 Å².